The van der Waals surface area contributed by atoms with Crippen LogP contribution in [0, 0.1) is 6.92 Å². The van der Waals surface area contributed by atoms with Gasteiger partial charge in [-0.25, -0.2) is 0 Å². The Balaban J connectivity index is 1.49. The van der Waals surface area contributed by atoms with Crippen LogP contribution >= 0.6 is 0 Å². The highest BCUT2D eigenvalue weighted by Gasteiger charge is 2.10. The van der Waals surface area contributed by atoms with E-state index in [9.17, 15) is 0 Å². The monoisotopic (exact) mass is 391 g/mol. The molecular weight excluding hydrogens is 362 g/mol. The van der Waals surface area contributed by atoms with Crippen molar-refractivity contribution in [2.24, 2.45) is 0 Å². The van der Waals surface area contributed by atoms with Gasteiger partial charge in [0.25, 0.3) is 0 Å². The second-order valence-corrected chi connectivity index (χ2v) is 6.85. The Morgan fingerprint density at radius 3 is 2.21 bits per heavy atom. The zero-order valence-corrected chi connectivity index (χ0v) is 17.1. The fourth-order valence-electron chi connectivity index (χ4n) is 2.87. The summed E-state index contributed by atoms with van der Waals surface area (Å²) >= 11 is 0. The minimum atomic E-state index is 0.0761. The van der Waals surface area contributed by atoms with E-state index in [1.807, 2.05) is 66.7 Å². The topological polar surface area (TPSA) is 39.7 Å². The van der Waals surface area contributed by atoms with Crippen molar-refractivity contribution in [3.05, 3.63) is 84.4 Å². The van der Waals surface area contributed by atoms with Crippen molar-refractivity contribution in [1.29, 1.82) is 0 Å². The fourth-order valence-corrected chi connectivity index (χ4v) is 2.87. The molecule has 0 aromatic heterocycles. The quantitative estimate of drug-likeness (QED) is 0.424. The van der Waals surface area contributed by atoms with Gasteiger partial charge in [0, 0.05) is 0 Å². The summed E-state index contributed by atoms with van der Waals surface area (Å²) in [6.07, 6.45) is 0.988. The van der Waals surface area contributed by atoms with E-state index in [4.69, 9.17) is 14.2 Å². The SMILES string of the molecule is CCC(CNc1ccccc1OCCOc1ccccc1)Oc1ccc(C)cc1. The van der Waals surface area contributed by atoms with E-state index in [0.29, 0.717) is 19.8 Å². The van der Waals surface area contributed by atoms with Crippen LogP contribution in [0.4, 0.5) is 5.69 Å². The van der Waals surface area contributed by atoms with Crippen LogP contribution in [-0.4, -0.2) is 25.9 Å². The Morgan fingerprint density at radius 1 is 0.759 bits per heavy atom. The molecule has 4 nitrogen and oxygen atoms in total. The summed E-state index contributed by atoms with van der Waals surface area (Å²) in [5.41, 5.74) is 2.18. The molecule has 29 heavy (non-hydrogen) atoms. The number of para-hydroxylation sites is 3. The first-order valence-corrected chi connectivity index (χ1v) is 10.1. The molecule has 4 heteroatoms. The van der Waals surface area contributed by atoms with Gasteiger partial charge < -0.3 is 19.5 Å². The molecular formula is C25H29NO3. The van der Waals surface area contributed by atoms with Crippen molar-refractivity contribution < 1.29 is 14.2 Å². The minimum absolute atomic E-state index is 0.0761. The lowest BCUT2D eigenvalue weighted by molar-refractivity contribution is 0.208. The van der Waals surface area contributed by atoms with E-state index >= 15 is 0 Å². The number of nitrogens with one attached hydrogen (secondary N) is 1. The van der Waals surface area contributed by atoms with Gasteiger partial charge in [-0.3, -0.25) is 0 Å². The molecule has 152 valence electrons. The first-order chi connectivity index (χ1) is 14.2. The van der Waals surface area contributed by atoms with Crippen molar-refractivity contribution >= 4 is 5.69 Å². The average molecular weight is 392 g/mol. The highest BCUT2D eigenvalue weighted by Crippen LogP contribution is 2.24. The van der Waals surface area contributed by atoms with E-state index in [1.165, 1.54) is 5.56 Å². The van der Waals surface area contributed by atoms with Crippen LogP contribution in [0.3, 0.4) is 0 Å². The molecule has 0 bridgehead atoms. The first kappa shape index (κ1) is 20.6. The molecule has 0 aliphatic rings. The summed E-state index contributed by atoms with van der Waals surface area (Å²) in [6, 6.07) is 25.9. The van der Waals surface area contributed by atoms with Crippen LogP contribution < -0.4 is 19.5 Å². The predicted octanol–water partition coefficient (Wildman–Crippen LogP) is 5.72. The third-order valence-electron chi connectivity index (χ3n) is 4.54. The van der Waals surface area contributed by atoms with E-state index in [0.717, 1.165) is 29.4 Å². The lowest BCUT2D eigenvalue weighted by Gasteiger charge is -2.20. The van der Waals surface area contributed by atoms with Gasteiger partial charge in [-0.1, -0.05) is 55.0 Å². The van der Waals surface area contributed by atoms with Crippen LogP contribution in [0.5, 0.6) is 17.2 Å². The molecule has 0 aliphatic carbocycles. The molecule has 0 amide bonds. The Bertz CT molecular complexity index is 849. The van der Waals surface area contributed by atoms with Gasteiger partial charge >= 0.3 is 0 Å². The third-order valence-corrected chi connectivity index (χ3v) is 4.54. The van der Waals surface area contributed by atoms with Gasteiger partial charge in [-0.15, -0.1) is 0 Å². The van der Waals surface area contributed by atoms with E-state index in [2.05, 4.69) is 31.3 Å². The van der Waals surface area contributed by atoms with Gasteiger partial charge in [-0.05, 0) is 49.7 Å². The smallest absolute Gasteiger partial charge is 0.142 e. The number of ether oxygens (including phenoxy) is 3. The number of rotatable bonds is 11. The first-order valence-electron chi connectivity index (χ1n) is 10.1. The number of hydrogen-bond donors (Lipinski definition) is 1. The molecule has 0 spiro atoms. The maximum absolute atomic E-state index is 6.10. The zero-order chi connectivity index (χ0) is 20.3. The molecule has 3 rings (SSSR count). The highest BCUT2D eigenvalue weighted by atomic mass is 16.5. The molecule has 0 heterocycles. The fraction of sp³-hybridized carbons (Fsp3) is 0.280. The van der Waals surface area contributed by atoms with Gasteiger partial charge in [0.05, 0.1) is 12.2 Å². The third kappa shape index (κ3) is 6.75. The summed E-state index contributed by atoms with van der Waals surface area (Å²) in [5, 5.41) is 3.46. The van der Waals surface area contributed by atoms with E-state index in [1.54, 1.807) is 0 Å². The van der Waals surface area contributed by atoms with Crippen molar-refractivity contribution in [2.75, 3.05) is 25.1 Å². The number of hydrogen-bond acceptors (Lipinski definition) is 4. The summed E-state index contributed by atoms with van der Waals surface area (Å²) in [6.45, 7) is 5.87. The molecule has 0 radical (unpaired) electrons. The Hall–Kier alpha value is -3.14. The Morgan fingerprint density at radius 2 is 1.45 bits per heavy atom. The van der Waals surface area contributed by atoms with E-state index < -0.39 is 0 Å². The highest BCUT2D eigenvalue weighted by molar-refractivity contribution is 5.56. The van der Waals surface area contributed by atoms with Crippen LogP contribution in [0.2, 0.25) is 0 Å². The van der Waals surface area contributed by atoms with Crippen LogP contribution in [0.25, 0.3) is 0 Å². The van der Waals surface area contributed by atoms with Crippen molar-refractivity contribution in [3.63, 3.8) is 0 Å². The van der Waals surface area contributed by atoms with Crippen LogP contribution in [-0.2, 0) is 0 Å². The molecule has 0 aliphatic heterocycles. The Kier molecular flexibility index (Phi) is 7.81. The molecule has 3 aromatic rings. The maximum atomic E-state index is 6.10. The number of aryl methyl sites for hydroxylation is 1. The summed E-state index contributed by atoms with van der Waals surface area (Å²) < 4.78 is 17.7. The van der Waals surface area contributed by atoms with E-state index in [-0.39, 0.29) is 6.10 Å². The number of benzene rings is 3. The van der Waals surface area contributed by atoms with Gasteiger partial charge in [0.1, 0.15) is 36.6 Å². The molecule has 1 unspecified atom stereocenters. The standard InChI is InChI=1S/C25H29NO3/c1-3-21(29-23-15-13-20(2)14-16-23)19-26-24-11-7-8-12-25(24)28-18-17-27-22-9-5-4-6-10-22/h4-16,21,26H,3,17-19H2,1-2H3. The molecule has 0 saturated heterocycles. The van der Waals surface area contributed by atoms with Crippen LogP contribution in [0.1, 0.15) is 18.9 Å². The van der Waals surface area contributed by atoms with Crippen molar-refractivity contribution in [2.45, 2.75) is 26.4 Å². The largest absolute Gasteiger partial charge is 0.490 e. The maximum Gasteiger partial charge on any atom is 0.142 e. The summed E-state index contributed by atoms with van der Waals surface area (Å²) in [4.78, 5) is 0. The van der Waals surface area contributed by atoms with Gasteiger partial charge in [0.15, 0.2) is 0 Å². The molecule has 3 aromatic carbocycles. The van der Waals surface area contributed by atoms with Gasteiger partial charge in [0.2, 0.25) is 0 Å². The molecule has 1 N–H and O–H groups in total. The molecule has 1 atom stereocenters. The lowest BCUT2D eigenvalue weighted by Crippen LogP contribution is -2.25. The van der Waals surface area contributed by atoms with Crippen LogP contribution in [0.15, 0.2) is 78.9 Å². The van der Waals surface area contributed by atoms with Crippen molar-refractivity contribution in [3.8, 4) is 17.2 Å². The Labute approximate surface area is 173 Å². The molecule has 0 fully saturated rings. The summed E-state index contributed by atoms with van der Waals surface area (Å²) in [5.74, 6) is 2.56. The minimum Gasteiger partial charge on any atom is -0.490 e. The second-order valence-electron chi connectivity index (χ2n) is 6.85. The predicted molar refractivity (Wildman–Crippen MR) is 118 cm³/mol. The molecule has 0 saturated carbocycles. The number of anilines is 1. The van der Waals surface area contributed by atoms with Crippen molar-refractivity contribution in [1.82, 2.24) is 0 Å². The summed E-state index contributed by atoms with van der Waals surface area (Å²) in [7, 11) is 0. The van der Waals surface area contributed by atoms with Gasteiger partial charge in [-0.2, -0.15) is 0 Å². The second kappa shape index (κ2) is 11.0. The average Bonchev–Trinajstić information content (AvgIpc) is 2.77. The lowest BCUT2D eigenvalue weighted by atomic mass is 10.2. The zero-order valence-electron chi connectivity index (χ0n) is 17.1. The normalized spacial score (nSPS) is 11.5.